The molecule has 0 spiro atoms. The van der Waals surface area contributed by atoms with Gasteiger partial charge in [0.25, 0.3) is 0 Å². The molecule has 0 unspecified atom stereocenters. The van der Waals surface area contributed by atoms with E-state index >= 15 is 0 Å². The fraction of sp³-hybridized carbons (Fsp3) is 0.0556. The average Bonchev–Trinajstić information content (AvgIpc) is 3.03. The fourth-order valence-corrected chi connectivity index (χ4v) is 2.63. The molecule has 1 aromatic heterocycles. The van der Waals surface area contributed by atoms with Crippen molar-refractivity contribution in [1.82, 2.24) is 4.98 Å². The van der Waals surface area contributed by atoms with Gasteiger partial charge in [-0.05, 0) is 30.2 Å². The highest BCUT2D eigenvalue weighted by Crippen LogP contribution is 2.24. The van der Waals surface area contributed by atoms with E-state index in [2.05, 4.69) is 29.0 Å². The molecule has 0 bridgehead atoms. The van der Waals surface area contributed by atoms with E-state index in [-0.39, 0.29) is 0 Å². The zero-order valence-electron chi connectivity index (χ0n) is 11.5. The zero-order chi connectivity index (χ0) is 14.5. The van der Waals surface area contributed by atoms with Crippen molar-refractivity contribution in [1.29, 1.82) is 0 Å². The molecule has 0 aliphatic heterocycles. The molecule has 0 fully saturated rings. The van der Waals surface area contributed by atoms with Crippen LogP contribution in [0.2, 0.25) is 0 Å². The van der Waals surface area contributed by atoms with Gasteiger partial charge in [-0.1, -0.05) is 36.3 Å². The Hall–Kier alpha value is -2.57. The number of thiazole rings is 1. The second-order valence-electron chi connectivity index (χ2n) is 4.37. The summed E-state index contributed by atoms with van der Waals surface area (Å²) in [4.78, 5) is 5.38. The maximum absolute atomic E-state index is 5.13. The Labute approximate surface area is 128 Å². The van der Waals surface area contributed by atoms with Crippen LogP contribution in [0.4, 0.5) is 0 Å². The lowest BCUT2D eigenvalue weighted by atomic mass is 10.2. The van der Waals surface area contributed by atoms with Gasteiger partial charge in [0.05, 0.1) is 18.2 Å². The molecule has 3 heteroatoms. The van der Waals surface area contributed by atoms with E-state index in [1.54, 1.807) is 18.4 Å². The van der Waals surface area contributed by atoms with Crippen LogP contribution in [0.15, 0.2) is 60.8 Å². The maximum Gasteiger partial charge on any atom is 0.124 e. The van der Waals surface area contributed by atoms with Gasteiger partial charge in [-0.15, -0.1) is 11.3 Å². The summed E-state index contributed by atoms with van der Waals surface area (Å²) in [5, 5.41) is 0.995. The first-order chi connectivity index (χ1) is 10.3. The van der Waals surface area contributed by atoms with Crippen LogP contribution < -0.4 is 4.74 Å². The highest BCUT2D eigenvalue weighted by molar-refractivity contribution is 7.15. The van der Waals surface area contributed by atoms with Crippen molar-refractivity contribution < 1.29 is 4.74 Å². The summed E-state index contributed by atoms with van der Waals surface area (Å²) in [6.07, 6.45) is 1.82. The normalized spacial score (nSPS) is 9.76. The van der Waals surface area contributed by atoms with Gasteiger partial charge in [-0.25, -0.2) is 4.98 Å². The van der Waals surface area contributed by atoms with E-state index in [9.17, 15) is 0 Å². The van der Waals surface area contributed by atoms with Gasteiger partial charge in [-0.2, -0.15) is 0 Å². The summed E-state index contributed by atoms with van der Waals surface area (Å²) in [5.41, 5.74) is 2.09. The summed E-state index contributed by atoms with van der Waals surface area (Å²) in [7, 11) is 1.66. The Morgan fingerprint density at radius 2 is 1.71 bits per heavy atom. The summed E-state index contributed by atoms with van der Waals surface area (Å²) < 4.78 is 5.13. The molecule has 2 nitrogen and oxygen atoms in total. The molecule has 0 radical (unpaired) electrons. The smallest absolute Gasteiger partial charge is 0.124 e. The minimum absolute atomic E-state index is 0.838. The Morgan fingerprint density at radius 3 is 2.43 bits per heavy atom. The molecule has 0 aliphatic rings. The quantitative estimate of drug-likeness (QED) is 0.660. The van der Waals surface area contributed by atoms with Gasteiger partial charge < -0.3 is 4.74 Å². The molecular formula is C18H13NOS. The topological polar surface area (TPSA) is 22.1 Å². The Kier molecular flexibility index (Phi) is 3.99. The predicted octanol–water partition coefficient (Wildman–Crippen LogP) is 4.22. The van der Waals surface area contributed by atoms with Crippen LogP contribution >= 0.6 is 11.3 Å². The third-order valence-electron chi connectivity index (χ3n) is 2.95. The number of methoxy groups -OCH3 is 1. The third kappa shape index (κ3) is 3.31. The van der Waals surface area contributed by atoms with E-state index in [0.29, 0.717) is 0 Å². The van der Waals surface area contributed by atoms with Crippen molar-refractivity contribution in [3.8, 4) is 28.2 Å². The third-order valence-corrected chi connectivity index (χ3v) is 3.91. The van der Waals surface area contributed by atoms with Crippen molar-refractivity contribution in [3.05, 3.63) is 71.2 Å². The number of hydrogen-bond acceptors (Lipinski definition) is 3. The highest BCUT2D eigenvalue weighted by Gasteiger charge is 2.01. The van der Waals surface area contributed by atoms with Crippen LogP contribution in [0.3, 0.4) is 0 Å². The molecule has 0 saturated carbocycles. The van der Waals surface area contributed by atoms with Crippen molar-refractivity contribution in [3.63, 3.8) is 0 Å². The van der Waals surface area contributed by atoms with Crippen LogP contribution in [0.5, 0.6) is 5.75 Å². The molecule has 0 atom stereocenters. The van der Waals surface area contributed by atoms with Crippen LogP contribution in [0, 0.1) is 11.8 Å². The summed E-state index contributed by atoms with van der Waals surface area (Å²) in [6.45, 7) is 0. The minimum atomic E-state index is 0.838. The molecule has 21 heavy (non-hydrogen) atoms. The molecule has 2 aromatic carbocycles. The lowest BCUT2D eigenvalue weighted by Crippen LogP contribution is -1.81. The molecule has 0 aliphatic carbocycles. The Morgan fingerprint density at radius 1 is 0.952 bits per heavy atom. The van der Waals surface area contributed by atoms with Crippen molar-refractivity contribution in [2.24, 2.45) is 0 Å². The van der Waals surface area contributed by atoms with E-state index in [0.717, 1.165) is 26.8 Å². The fourth-order valence-electron chi connectivity index (χ4n) is 1.85. The van der Waals surface area contributed by atoms with E-state index in [1.807, 2.05) is 48.7 Å². The van der Waals surface area contributed by atoms with Crippen LogP contribution in [0.25, 0.3) is 10.6 Å². The largest absolute Gasteiger partial charge is 0.497 e. The van der Waals surface area contributed by atoms with Gasteiger partial charge in [0, 0.05) is 11.1 Å². The number of hydrogen-bond donors (Lipinski definition) is 0. The number of aromatic nitrogens is 1. The molecule has 1 heterocycles. The SMILES string of the molecule is COc1ccc(C#Cc2cnc(-c3ccccc3)s2)cc1. The van der Waals surface area contributed by atoms with Crippen molar-refractivity contribution in [2.45, 2.75) is 0 Å². The Bertz CT molecular complexity index is 779. The maximum atomic E-state index is 5.13. The van der Waals surface area contributed by atoms with Crippen molar-refractivity contribution >= 4 is 11.3 Å². The Balaban J connectivity index is 1.80. The standard InChI is InChI=1S/C18H13NOS/c1-20-16-10-7-14(8-11-16)9-12-17-13-19-18(21-17)15-5-3-2-4-6-15/h2-8,10-11,13H,1H3. The van der Waals surface area contributed by atoms with Gasteiger partial charge in [-0.3, -0.25) is 0 Å². The summed E-state index contributed by atoms with van der Waals surface area (Å²) >= 11 is 1.60. The predicted molar refractivity (Wildman–Crippen MR) is 86.5 cm³/mol. The van der Waals surface area contributed by atoms with E-state index in [4.69, 9.17) is 4.74 Å². The molecule has 3 rings (SSSR count). The second-order valence-corrected chi connectivity index (χ2v) is 5.40. The number of ether oxygens (including phenoxy) is 1. The van der Waals surface area contributed by atoms with Crippen LogP contribution in [-0.4, -0.2) is 12.1 Å². The number of benzene rings is 2. The molecule has 0 N–H and O–H groups in total. The first kappa shape index (κ1) is 13.4. The van der Waals surface area contributed by atoms with Crippen LogP contribution in [-0.2, 0) is 0 Å². The lowest BCUT2D eigenvalue weighted by molar-refractivity contribution is 0.415. The first-order valence-corrected chi connectivity index (χ1v) is 7.34. The molecular weight excluding hydrogens is 278 g/mol. The number of nitrogens with zero attached hydrogens (tertiary/aromatic N) is 1. The monoisotopic (exact) mass is 291 g/mol. The molecule has 0 amide bonds. The van der Waals surface area contributed by atoms with Gasteiger partial charge >= 0.3 is 0 Å². The van der Waals surface area contributed by atoms with Crippen LogP contribution in [0.1, 0.15) is 10.4 Å². The van der Waals surface area contributed by atoms with Gasteiger partial charge in [0.1, 0.15) is 10.8 Å². The summed E-state index contributed by atoms with van der Waals surface area (Å²) in [5.74, 6) is 7.13. The van der Waals surface area contributed by atoms with Gasteiger partial charge in [0.2, 0.25) is 0 Å². The molecule has 3 aromatic rings. The van der Waals surface area contributed by atoms with E-state index in [1.165, 1.54) is 0 Å². The first-order valence-electron chi connectivity index (χ1n) is 6.52. The zero-order valence-corrected chi connectivity index (χ0v) is 12.4. The molecule has 0 saturated heterocycles. The highest BCUT2D eigenvalue weighted by atomic mass is 32.1. The lowest BCUT2D eigenvalue weighted by Gasteiger charge is -1.97. The number of rotatable bonds is 2. The van der Waals surface area contributed by atoms with Crippen molar-refractivity contribution in [2.75, 3.05) is 7.11 Å². The summed E-state index contributed by atoms with van der Waals surface area (Å²) in [6, 6.07) is 17.9. The second kappa shape index (κ2) is 6.25. The minimum Gasteiger partial charge on any atom is -0.497 e. The molecule has 102 valence electrons. The average molecular weight is 291 g/mol. The van der Waals surface area contributed by atoms with Gasteiger partial charge in [0.15, 0.2) is 0 Å². The van der Waals surface area contributed by atoms with E-state index < -0.39 is 0 Å².